The molecule has 0 amide bonds. The number of anilines is 1. The molecule has 0 radical (unpaired) electrons. The van der Waals surface area contributed by atoms with E-state index in [2.05, 4.69) is 32.5 Å². The van der Waals surface area contributed by atoms with E-state index in [1.807, 2.05) is 12.1 Å². The summed E-state index contributed by atoms with van der Waals surface area (Å²) in [6.07, 6.45) is 1.39. The molecule has 2 aliphatic carbocycles. The Kier molecular flexibility index (Phi) is 5.53. The van der Waals surface area contributed by atoms with Gasteiger partial charge >= 0.3 is 0 Å². The van der Waals surface area contributed by atoms with Gasteiger partial charge in [-0.2, -0.15) is 0 Å². The fraction of sp³-hybridized carbons (Fsp3) is 0.524. The van der Waals surface area contributed by atoms with E-state index in [1.54, 1.807) is 16.4 Å². The molecular formula is C21H25FN6O2S. The molecule has 2 fully saturated rings. The molecule has 3 aromatic rings. The van der Waals surface area contributed by atoms with Crippen LogP contribution in [0.25, 0.3) is 11.2 Å². The Balaban J connectivity index is 1.45. The van der Waals surface area contributed by atoms with Gasteiger partial charge in [-0.1, -0.05) is 36.0 Å². The first-order chi connectivity index (χ1) is 15.0. The van der Waals surface area contributed by atoms with Crippen LogP contribution in [0.3, 0.4) is 0 Å². The van der Waals surface area contributed by atoms with E-state index in [0.29, 0.717) is 40.9 Å². The maximum Gasteiger partial charge on any atom is 0.191 e. The number of nitrogens with one attached hydrogen (secondary N) is 1. The summed E-state index contributed by atoms with van der Waals surface area (Å²) in [6, 6.07) is 6.43. The largest absolute Gasteiger partial charge is 0.390 e. The minimum Gasteiger partial charge on any atom is -0.390 e. The second-order valence-electron chi connectivity index (χ2n) is 8.26. The Hall–Kier alpha value is -2.30. The molecule has 8 nitrogen and oxygen atoms in total. The molecule has 2 aliphatic rings. The van der Waals surface area contributed by atoms with E-state index in [4.69, 9.17) is 0 Å². The fourth-order valence-electron chi connectivity index (χ4n) is 4.21. The van der Waals surface area contributed by atoms with Crippen LogP contribution in [0.15, 0.2) is 29.4 Å². The van der Waals surface area contributed by atoms with Crippen molar-refractivity contribution in [1.29, 1.82) is 0 Å². The van der Waals surface area contributed by atoms with Gasteiger partial charge in [-0.25, -0.2) is 19.0 Å². The number of hydrogen-bond acceptors (Lipinski definition) is 8. The second kappa shape index (κ2) is 8.33. The van der Waals surface area contributed by atoms with Crippen molar-refractivity contribution in [1.82, 2.24) is 25.0 Å². The summed E-state index contributed by atoms with van der Waals surface area (Å²) < 4.78 is 14.9. The third-order valence-electron chi connectivity index (χ3n) is 6.01. The summed E-state index contributed by atoms with van der Waals surface area (Å²) in [5.74, 6) is 1.57. The lowest BCUT2D eigenvalue weighted by atomic mass is 10.1. The molecule has 31 heavy (non-hydrogen) atoms. The Labute approximate surface area is 183 Å². The van der Waals surface area contributed by atoms with Gasteiger partial charge in [0.05, 0.1) is 12.1 Å². The van der Waals surface area contributed by atoms with Gasteiger partial charge in [0, 0.05) is 17.7 Å². The first-order valence-electron chi connectivity index (χ1n) is 10.7. The van der Waals surface area contributed by atoms with Crippen molar-refractivity contribution in [2.45, 2.75) is 68.0 Å². The van der Waals surface area contributed by atoms with Crippen LogP contribution in [-0.2, 0) is 0 Å². The summed E-state index contributed by atoms with van der Waals surface area (Å²) in [5.41, 5.74) is 2.21. The predicted molar refractivity (Wildman–Crippen MR) is 116 cm³/mol. The number of fused-ring (bicyclic) bond motifs is 1. The first kappa shape index (κ1) is 20.6. The number of hydrogen-bond donors (Lipinski definition) is 3. The molecule has 0 aliphatic heterocycles. The number of aliphatic hydroxyl groups is 2. The Morgan fingerprint density at radius 2 is 2.00 bits per heavy atom. The number of thioether (sulfide) groups is 1. The highest BCUT2D eigenvalue weighted by atomic mass is 32.2. The topological polar surface area (TPSA) is 109 Å². The summed E-state index contributed by atoms with van der Waals surface area (Å²) in [7, 11) is 0. The van der Waals surface area contributed by atoms with Crippen LogP contribution < -0.4 is 5.32 Å². The molecule has 2 aromatic heterocycles. The van der Waals surface area contributed by atoms with Crippen molar-refractivity contribution in [3.63, 3.8) is 0 Å². The Morgan fingerprint density at radius 3 is 2.71 bits per heavy atom. The number of benzene rings is 1. The lowest BCUT2D eigenvalue weighted by Crippen LogP contribution is -2.28. The number of aliphatic hydroxyl groups excluding tert-OH is 2. The molecule has 10 heteroatoms. The smallest absolute Gasteiger partial charge is 0.191 e. The third-order valence-corrected chi connectivity index (χ3v) is 7.06. The monoisotopic (exact) mass is 444 g/mol. The summed E-state index contributed by atoms with van der Waals surface area (Å²) in [4.78, 5) is 9.36. The van der Waals surface area contributed by atoms with E-state index < -0.39 is 12.2 Å². The molecule has 5 rings (SSSR count). The van der Waals surface area contributed by atoms with Crippen LogP contribution in [0.4, 0.5) is 10.2 Å². The van der Waals surface area contributed by atoms with Crippen LogP contribution in [0.5, 0.6) is 0 Å². The van der Waals surface area contributed by atoms with Gasteiger partial charge < -0.3 is 15.5 Å². The highest BCUT2D eigenvalue weighted by molar-refractivity contribution is 7.99. The van der Waals surface area contributed by atoms with Gasteiger partial charge in [0.25, 0.3) is 0 Å². The van der Waals surface area contributed by atoms with Gasteiger partial charge in [0.2, 0.25) is 0 Å². The first-order valence-corrected chi connectivity index (χ1v) is 11.7. The molecule has 2 saturated carbocycles. The zero-order chi connectivity index (χ0) is 21.5. The Bertz CT molecular complexity index is 1080. The van der Waals surface area contributed by atoms with Crippen LogP contribution >= 0.6 is 11.8 Å². The van der Waals surface area contributed by atoms with Gasteiger partial charge in [-0.05, 0) is 43.4 Å². The van der Waals surface area contributed by atoms with Crippen molar-refractivity contribution in [3.8, 4) is 0 Å². The van der Waals surface area contributed by atoms with Crippen molar-refractivity contribution < 1.29 is 14.6 Å². The minimum absolute atomic E-state index is 0.177. The van der Waals surface area contributed by atoms with E-state index in [9.17, 15) is 14.6 Å². The van der Waals surface area contributed by atoms with E-state index >= 15 is 0 Å². The van der Waals surface area contributed by atoms with E-state index in [0.717, 1.165) is 24.2 Å². The highest BCUT2D eigenvalue weighted by Crippen LogP contribution is 2.43. The number of aromatic nitrogens is 5. The van der Waals surface area contributed by atoms with E-state index in [-0.39, 0.29) is 17.9 Å². The molecule has 0 spiro atoms. The zero-order valence-electron chi connectivity index (χ0n) is 17.1. The third kappa shape index (κ3) is 3.99. The molecule has 5 atom stereocenters. The Morgan fingerprint density at radius 1 is 1.19 bits per heavy atom. The van der Waals surface area contributed by atoms with Crippen molar-refractivity contribution in [2.75, 3.05) is 11.1 Å². The average Bonchev–Trinajstić information content (AvgIpc) is 3.28. The van der Waals surface area contributed by atoms with E-state index in [1.165, 1.54) is 12.1 Å². The standard InChI is InChI=1S/C21H25FN6O2S/c1-2-9-31-21-24-19(23-14-10-13(14)11-3-5-12(22)6-4-11)17-20(25-21)28(27-26-17)15-7-8-16(29)18(15)30/h3-6,13-16,18,29-30H,2,7-10H2,1H3,(H,23,24,25)/t13?,14?,15-,16-,18+/m1/s1. The SMILES string of the molecule is CCCSc1nc(NC2CC2c2ccc(F)cc2)c2nnn([C@@H]3CC[C@@H](O)[C@H]3O)c2n1. The van der Waals surface area contributed by atoms with Crippen molar-refractivity contribution in [3.05, 3.63) is 35.6 Å². The van der Waals surface area contributed by atoms with Gasteiger partial charge in [-0.3, -0.25) is 0 Å². The van der Waals surface area contributed by atoms with Crippen LogP contribution in [0, 0.1) is 5.82 Å². The maximum atomic E-state index is 13.2. The summed E-state index contributed by atoms with van der Waals surface area (Å²) in [5, 5.41) is 33.0. The molecule has 0 saturated heterocycles. The predicted octanol–water partition coefficient (Wildman–Crippen LogP) is 2.89. The highest BCUT2D eigenvalue weighted by Gasteiger charge is 2.40. The summed E-state index contributed by atoms with van der Waals surface area (Å²) in [6.45, 7) is 2.10. The lowest BCUT2D eigenvalue weighted by molar-refractivity contribution is 0.0215. The molecule has 164 valence electrons. The van der Waals surface area contributed by atoms with Gasteiger partial charge in [0.15, 0.2) is 22.1 Å². The van der Waals surface area contributed by atoms with Crippen molar-refractivity contribution in [2.24, 2.45) is 0 Å². The number of nitrogens with zero attached hydrogens (tertiary/aromatic N) is 5. The molecule has 2 heterocycles. The summed E-state index contributed by atoms with van der Waals surface area (Å²) >= 11 is 1.57. The van der Waals surface area contributed by atoms with Gasteiger partial charge in [-0.15, -0.1) is 5.10 Å². The number of halogens is 1. The van der Waals surface area contributed by atoms with Gasteiger partial charge in [0.1, 0.15) is 11.9 Å². The minimum atomic E-state index is -0.894. The lowest BCUT2D eigenvalue weighted by Gasteiger charge is -2.16. The van der Waals surface area contributed by atoms with Crippen LogP contribution in [0.1, 0.15) is 50.1 Å². The normalized spacial score (nSPS) is 27.7. The zero-order valence-corrected chi connectivity index (χ0v) is 18.0. The number of rotatable bonds is 7. The van der Waals surface area contributed by atoms with Crippen LogP contribution in [-0.4, -0.2) is 59.2 Å². The van der Waals surface area contributed by atoms with Crippen LogP contribution in [0.2, 0.25) is 0 Å². The molecule has 2 unspecified atom stereocenters. The quantitative estimate of drug-likeness (QED) is 0.377. The van der Waals surface area contributed by atoms with Crippen molar-refractivity contribution >= 4 is 28.7 Å². The molecule has 3 N–H and O–H groups in total. The molecule has 0 bridgehead atoms. The molecular weight excluding hydrogens is 419 g/mol. The molecule has 1 aromatic carbocycles. The second-order valence-corrected chi connectivity index (χ2v) is 9.32. The average molecular weight is 445 g/mol. The fourth-order valence-corrected chi connectivity index (χ4v) is 4.90. The maximum absolute atomic E-state index is 13.2.